The van der Waals surface area contributed by atoms with Crippen molar-refractivity contribution in [3.63, 3.8) is 0 Å². The number of piperidine rings is 1. The van der Waals surface area contributed by atoms with Crippen molar-refractivity contribution in [1.82, 2.24) is 20.5 Å². The van der Waals surface area contributed by atoms with Gasteiger partial charge >= 0.3 is 0 Å². The van der Waals surface area contributed by atoms with E-state index in [0.717, 1.165) is 57.1 Å². The Bertz CT molecular complexity index is 672. The molecule has 1 saturated heterocycles. The maximum Gasteiger partial charge on any atom is 0.191 e. The Morgan fingerprint density at radius 3 is 2.81 bits per heavy atom. The lowest BCUT2D eigenvalue weighted by molar-refractivity contribution is 0.198. The van der Waals surface area contributed by atoms with Crippen LogP contribution >= 0.6 is 22.7 Å². The Hall–Kier alpha value is -1.44. The van der Waals surface area contributed by atoms with Crippen LogP contribution in [-0.2, 0) is 19.5 Å². The van der Waals surface area contributed by atoms with Crippen LogP contribution in [0.5, 0.6) is 0 Å². The zero-order chi connectivity index (χ0) is 18.2. The number of hydrogen-bond donors (Lipinski definition) is 2. The highest BCUT2D eigenvalue weighted by atomic mass is 32.1. The van der Waals surface area contributed by atoms with Crippen LogP contribution in [0.2, 0.25) is 0 Å². The molecule has 0 spiro atoms. The number of aliphatic imine (C=N–C) groups is 1. The molecule has 2 aromatic rings. The first kappa shape index (κ1) is 19.3. The van der Waals surface area contributed by atoms with Crippen molar-refractivity contribution in [2.45, 2.75) is 52.2 Å². The first-order valence-corrected chi connectivity index (χ1v) is 11.3. The van der Waals surface area contributed by atoms with E-state index >= 15 is 0 Å². The third kappa shape index (κ3) is 5.79. The number of aryl methyl sites for hydroxylation is 1. The summed E-state index contributed by atoms with van der Waals surface area (Å²) >= 11 is 3.51. The van der Waals surface area contributed by atoms with Crippen molar-refractivity contribution in [3.05, 3.63) is 38.5 Å². The Balaban J connectivity index is 1.47. The molecule has 7 heteroatoms. The summed E-state index contributed by atoms with van der Waals surface area (Å²) in [4.78, 5) is 11.9. The Morgan fingerprint density at radius 2 is 2.15 bits per heavy atom. The van der Waals surface area contributed by atoms with Crippen LogP contribution in [-0.4, -0.2) is 41.5 Å². The Morgan fingerprint density at radius 1 is 1.31 bits per heavy atom. The number of nitrogens with zero attached hydrogens (tertiary/aromatic N) is 3. The molecule has 0 saturated carbocycles. The minimum Gasteiger partial charge on any atom is -0.357 e. The molecule has 1 fully saturated rings. The van der Waals surface area contributed by atoms with Gasteiger partial charge in [0.2, 0.25) is 0 Å². The normalized spacial score (nSPS) is 16.8. The van der Waals surface area contributed by atoms with Gasteiger partial charge in [0.25, 0.3) is 0 Å². The minimum atomic E-state index is 0.494. The second kappa shape index (κ2) is 10.0. The van der Waals surface area contributed by atoms with Gasteiger partial charge in [0.15, 0.2) is 5.96 Å². The summed E-state index contributed by atoms with van der Waals surface area (Å²) in [5, 5.41) is 14.7. The van der Waals surface area contributed by atoms with Gasteiger partial charge in [-0.2, -0.15) is 11.3 Å². The molecule has 0 unspecified atom stereocenters. The van der Waals surface area contributed by atoms with E-state index in [2.05, 4.69) is 56.6 Å². The summed E-state index contributed by atoms with van der Waals surface area (Å²) in [6.45, 7) is 9.12. The summed E-state index contributed by atoms with van der Waals surface area (Å²) in [7, 11) is 0. The van der Waals surface area contributed by atoms with Crippen LogP contribution in [0.3, 0.4) is 0 Å². The molecule has 142 valence electrons. The number of hydrogen-bond acceptors (Lipinski definition) is 5. The lowest BCUT2D eigenvalue weighted by Gasteiger charge is -2.32. The monoisotopic (exact) mass is 391 g/mol. The van der Waals surface area contributed by atoms with E-state index in [-0.39, 0.29) is 0 Å². The molecule has 2 N–H and O–H groups in total. The summed E-state index contributed by atoms with van der Waals surface area (Å²) in [6, 6.07) is 2.72. The van der Waals surface area contributed by atoms with Crippen LogP contribution in [0.25, 0.3) is 0 Å². The second-order valence-corrected chi connectivity index (χ2v) is 8.33. The average molecular weight is 392 g/mol. The molecule has 0 aliphatic carbocycles. The number of nitrogens with one attached hydrogen (secondary N) is 2. The highest BCUT2D eigenvalue weighted by molar-refractivity contribution is 7.09. The fourth-order valence-corrected chi connectivity index (χ4v) is 4.53. The van der Waals surface area contributed by atoms with Crippen LogP contribution in [0, 0.1) is 0 Å². The first-order valence-electron chi connectivity index (χ1n) is 9.48. The molecular weight excluding hydrogens is 362 g/mol. The van der Waals surface area contributed by atoms with Crippen LogP contribution < -0.4 is 10.6 Å². The third-order valence-corrected chi connectivity index (χ3v) is 6.33. The van der Waals surface area contributed by atoms with E-state index in [0.29, 0.717) is 12.6 Å². The second-order valence-electron chi connectivity index (χ2n) is 6.61. The SMILES string of the molecule is CCNC(=NCc1csc(CC)n1)NC1CCN(Cc2ccsc2)CC1. The van der Waals surface area contributed by atoms with Gasteiger partial charge in [0.05, 0.1) is 17.2 Å². The smallest absolute Gasteiger partial charge is 0.191 e. The number of likely N-dealkylation sites (tertiary alicyclic amines) is 1. The molecule has 5 nitrogen and oxygen atoms in total. The molecule has 1 aliphatic rings. The van der Waals surface area contributed by atoms with Gasteiger partial charge in [-0.25, -0.2) is 9.98 Å². The predicted molar refractivity (Wildman–Crippen MR) is 112 cm³/mol. The number of thiazole rings is 1. The van der Waals surface area contributed by atoms with Gasteiger partial charge in [-0.3, -0.25) is 4.90 Å². The van der Waals surface area contributed by atoms with Crippen molar-refractivity contribution in [2.24, 2.45) is 4.99 Å². The Kier molecular flexibility index (Phi) is 7.46. The van der Waals surface area contributed by atoms with Crippen molar-refractivity contribution in [1.29, 1.82) is 0 Å². The molecule has 0 atom stereocenters. The van der Waals surface area contributed by atoms with E-state index in [4.69, 9.17) is 4.99 Å². The van der Waals surface area contributed by atoms with Crippen molar-refractivity contribution < 1.29 is 0 Å². The molecule has 26 heavy (non-hydrogen) atoms. The van der Waals surface area contributed by atoms with Crippen LogP contribution in [0.1, 0.15) is 43.0 Å². The van der Waals surface area contributed by atoms with Gasteiger partial charge in [-0.05, 0) is 48.6 Å². The molecule has 0 amide bonds. The van der Waals surface area contributed by atoms with Crippen LogP contribution in [0.4, 0.5) is 0 Å². The van der Waals surface area contributed by atoms with E-state index in [9.17, 15) is 0 Å². The standard InChI is InChI=1S/C19H29N5S2/c1-3-18-22-17(14-26-18)11-21-19(20-4-2)23-16-5-8-24(9-6-16)12-15-7-10-25-13-15/h7,10,13-14,16H,3-6,8-9,11-12H2,1-2H3,(H2,20,21,23). The number of thiophene rings is 1. The summed E-state index contributed by atoms with van der Waals surface area (Å²) in [6.07, 6.45) is 3.31. The topological polar surface area (TPSA) is 52.6 Å². The predicted octanol–water partition coefficient (Wildman–Crippen LogP) is 3.49. The fourth-order valence-electron chi connectivity index (χ4n) is 3.13. The zero-order valence-corrected chi connectivity index (χ0v) is 17.3. The lowest BCUT2D eigenvalue weighted by atomic mass is 10.0. The maximum atomic E-state index is 4.73. The van der Waals surface area contributed by atoms with Gasteiger partial charge in [0.1, 0.15) is 0 Å². The molecule has 0 bridgehead atoms. The Labute approximate surface area is 164 Å². The first-order chi connectivity index (χ1) is 12.8. The quantitative estimate of drug-likeness (QED) is 0.560. The zero-order valence-electron chi connectivity index (χ0n) is 15.7. The van der Waals surface area contributed by atoms with Crippen LogP contribution in [0.15, 0.2) is 27.2 Å². The maximum absolute atomic E-state index is 4.73. The minimum absolute atomic E-state index is 0.494. The summed E-state index contributed by atoms with van der Waals surface area (Å²) in [5.41, 5.74) is 2.50. The van der Waals surface area contributed by atoms with E-state index in [1.165, 1.54) is 10.6 Å². The molecule has 0 aromatic carbocycles. The van der Waals surface area contributed by atoms with E-state index < -0.39 is 0 Å². The van der Waals surface area contributed by atoms with Gasteiger partial charge in [0, 0.05) is 37.6 Å². The van der Waals surface area contributed by atoms with Gasteiger partial charge in [-0.1, -0.05) is 6.92 Å². The molecule has 3 heterocycles. The van der Waals surface area contributed by atoms with Crippen molar-refractivity contribution >= 4 is 28.6 Å². The van der Waals surface area contributed by atoms with E-state index in [1.54, 1.807) is 22.7 Å². The fraction of sp³-hybridized carbons (Fsp3) is 0.579. The van der Waals surface area contributed by atoms with Crippen molar-refractivity contribution in [2.75, 3.05) is 19.6 Å². The molecule has 2 aromatic heterocycles. The lowest BCUT2D eigenvalue weighted by Crippen LogP contribution is -2.48. The molecule has 0 radical (unpaired) electrons. The van der Waals surface area contributed by atoms with E-state index in [1.807, 2.05) is 0 Å². The number of guanidine groups is 1. The molecule has 1 aliphatic heterocycles. The summed E-state index contributed by atoms with van der Waals surface area (Å²) < 4.78 is 0. The van der Waals surface area contributed by atoms with Gasteiger partial charge in [-0.15, -0.1) is 11.3 Å². The molecular formula is C19H29N5S2. The van der Waals surface area contributed by atoms with Gasteiger partial charge < -0.3 is 10.6 Å². The number of aromatic nitrogens is 1. The third-order valence-electron chi connectivity index (χ3n) is 4.56. The highest BCUT2D eigenvalue weighted by Crippen LogP contribution is 2.16. The average Bonchev–Trinajstić information content (AvgIpc) is 3.33. The van der Waals surface area contributed by atoms with Crippen molar-refractivity contribution in [3.8, 4) is 0 Å². The summed E-state index contributed by atoms with van der Waals surface area (Å²) in [5.74, 6) is 0.912. The largest absolute Gasteiger partial charge is 0.357 e. The number of rotatable bonds is 7. The highest BCUT2D eigenvalue weighted by Gasteiger charge is 2.20. The molecule has 3 rings (SSSR count).